The number of nitrogens with one attached hydrogen (secondary N) is 2. The summed E-state index contributed by atoms with van der Waals surface area (Å²) in [6, 6.07) is 4.09. The molecule has 0 bridgehead atoms. The molecule has 21 heavy (non-hydrogen) atoms. The Kier molecular flexibility index (Phi) is 3.85. The molecule has 5 heteroatoms. The lowest BCUT2D eigenvalue weighted by Crippen LogP contribution is -2.17. The third-order valence-electron chi connectivity index (χ3n) is 3.31. The minimum atomic E-state index is -0.295. The van der Waals surface area contributed by atoms with Gasteiger partial charge in [0.1, 0.15) is 5.82 Å². The van der Waals surface area contributed by atoms with E-state index in [0.29, 0.717) is 5.82 Å². The molecular weight excluding hydrogens is 264 g/mol. The molecule has 0 unspecified atom stereocenters. The highest BCUT2D eigenvalue weighted by molar-refractivity contribution is 6.02. The van der Waals surface area contributed by atoms with Crippen LogP contribution in [0.1, 0.15) is 53.9 Å². The average molecular weight is 286 g/mol. The zero-order chi connectivity index (χ0) is 15.8. The number of aryl methyl sites for hydroxylation is 3. The van der Waals surface area contributed by atoms with Gasteiger partial charge in [-0.25, -0.2) is 4.98 Å². The number of aromatic amines is 1. The third kappa shape index (κ3) is 3.29. The van der Waals surface area contributed by atoms with Crippen LogP contribution in [0.25, 0.3) is 0 Å². The van der Waals surface area contributed by atoms with Gasteiger partial charge < -0.3 is 5.32 Å². The van der Waals surface area contributed by atoms with Crippen LogP contribution in [0.4, 0.5) is 5.69 Å². The van der Waals surface area contributed by atoms with Crippen molar-refractivity contribution in [3.05, 3.63) is 40.5 Å². The number of H-pyrrole nitrogens is 1. The lowest BCUT2D eigenvalue weighted by Gasteiger charge is -2.13. The van der Waals surface area contributed by atoms with Gasteiger partial charge in [0, 0.05) is 11.1 Å². The van der Waals surface area contributed by atoms with E-state index in [4.69, 9.17) is 0 Å². The summed E-state index contributed by atoms with van der Waals surface area (Å²) >= 11 is 0. The van der Waals surface area contributed by atoms with Crippen molar-refractivity contribution in [1.29, 1.82) is 0 Å². The Bertz CT molecular complexity index is 657. The zero-order valence-electron chi connectivity index (χ0n) is 13.5. The molecule has 1 amide bonds. The van der Waals surface area contributed by atoms with Crippen LogP contribution in [-0.4, -0.2) is 21.1 Å². The number of hydrogen-bond acceptors (Lipinski definition) is 3. The molecule has 0 spiro atoms. The summed E-state index contributed by atoms with van der Waals surface area (Å²) in [5.41, 5.74) is 3.91. The Morgan fingerprint density at radius 3 is 2.19 bits per heavy atom. The second-order valence-corrected chi connectivity index (χ2v) is 6.49. The predicted octanol–water partition coefficient (Wildman–Crippen LogP) is 3.28. The van der Waals surface area contributed by atoms with Crippen LogP contribution in [0.5, 0.6) is 0 Å². The normalized spacial score (nSPS) is 11.5. The summed E-state index contributed by atoms with van der Waals surface area (Å²) in [6.45, 7) is 12.1. The molecule has 2 N–H and O–H groups in total. The fraction of sp³-hybridized carbons (Fsp3) is 0.438. The van der Waals surface area contributed by atoms with Gasteiger partial charge in [-0.1, -0.05) is 38.5 Å². The predicted molar refractivity (Wildman–Crippen MR) is 83.7 cm³/mol. The Hall–Kier alpha value is -2.17. The molecule has 0 aliphatic rings. The lowest BCUT2D eigenvalue weighted by atomic mass is 9.96. The molecule has 1 aromatic heterocycles. The van der Waals surface area contributed by atoms with E-state index in [0.717, 1.165) is 16.8 Å². The van der Waals surface area contributed by atoms with Crippen molar-refractivity contribution in [3.8, 4) is 0 Å². The number of carbonyl (C=O) groups is 1. The zero-order valence-corrected chi connectivity index (χ0v) is 13.5. The van der Waals surface area contributed by atoms with Crippen LogP contribution in [0.3, 0.4) is 0 Å². The highest BCUT2D eigenvalue weighted by Crippen LogP contribution is 2.23. The van der Waals surface area contributed by atoms with Gasteiger partial charge in [-0.05, 0) is 31.9 Å². The lowest BCUT2D eigenvalue weighted by molar-refractivity contribution is 0.101. The molecular formula is C16H22N4O. The van der Waals surface area contributed by atoms with Gasteiger partial charge in [-0.3, -0.25) is 9.89 Å². The van der Waals surface area contributed by atoms with Crippen molar-refractivity contribution >= 4 is 11.6 Å². The van der Waals surface area contributed by atoms with Gasteiger partial charge in [-0.2, -0.15) is 0 Å². The molecule has 2 aromatic rings. The van der Waals surface area contributed by atoms with Crippen molar-refractivity contribution in [3.63, 3.8) is 0 Å². The average Bonchev–Trinajstić information content (AvgIpc) is 2.82. The maximum Gasteiger partial charge on any atom is 0.295 e. The van der Waals surface area contributed by atoms with Crippen LogP contribution in [-0.2, 0) is 5.41 Å². The van der Waals surface area contributed by atoms with Crippen molar-refractivity contribution in [2.24, 2.45) is 0 Å². The van der Waals surface area contributed by atoms with Gasteiger partial charge in [0.15, 0.2) is 0 Å². The summed E-state index contributed by atoms with van der Waals surface area (Å²) in [5.74, 6) is 0.570. The van der Waals surface area contributed by atoms with Crippen LogP contribution in [0.2, 0.25) is 0 Å². The SMILES string of the molecule is Cc1cc(C)c(NC(=O)c2n[nH]c(C(C)(C)C)n2)c(C)c1. The van der Waals surface area contributed by atoms with Gasteiger partial charge in [-0.15, -0.1) is 5.10 Å². The quantitative estimate of drug-likeness (QED) is 0.890. The van der Waals surface area contributed by atoms with E-state index < -0.39 is 0 Å². The third-order valence-corrected chi connectivity index (χ3v) is 3.31. The molecule has 0 fully saturated rings. The first-order chi connectivity index (χ1) is 9.68. The number of amides is 1. The summed E-state index contributed by atoms with van der Waals surface area (Å²) in [7, 11) is 0. The monoisotopic (exact) mass is 286 g/mol. The molecule has 0 aliphatic heterocycles. The minimum absolute atomic E-state index is 0.165. The Balaban J connectivity index is 2.25. The first kappa shape index (κ1) is 15.2. The van der Waals surface area contributed by atoms with Gasteiger partial charge in [0.2, 0.25) is 5.82 Å². The van der Waals surface area contributed by atoms with Crippen molar-refractivity contribution in [2.45, 2.75) is 47.0 Å². The largest absolute Gasteiger partial charge is 0.319 e. The van der Waals surface area contributed by atoms with Gasteiger partial charge in [0.25, 0.3) is 5.91 Å². The number of carbonyl (C=O) groups excluding carboxylic acids is 1. The Labute approximate surface area is 125 Å². The maximum absolute atomic E-state index is 12.3. The van der Waals surface area contributed by atoms with Crippen LogP contribution in [0.15, 0.2) is 12.1 Å². The minimum Gasteiger partial charge on any atom is -0.319 e. The van der Waals surface area contributed by atoms with E-state index in [1.54, 1.807) is 0 Å². The van der Waals surface area contributed by atoms with E-state index in [2.05, 4.69) is 20.5 Å². The van der Waals surface area contributed by atoms with Gasteiger partial charge >= 0.3 is 0 Å². The second-order valence-electron chi connectivity index (χ2n) is 6.49. The van der Waals surface area contributed by atoms with E-state index in [-0.39, 0.29) is 17.1 Å². The molecule has 0 saturated heterocycles. The summed E-state index contributed by atoms with van der Waals surface area (Å²) in [4.78, 5) is 16.6. The number of aromatic nitrogens is 3. The first-order valence-corrected chi connectivity index (χ1v) is 7.00. The number of nitrogens with zero attached hydrogens (tertiary/aromatic N) is 2. The van der Waals surface area contributed by atoms with Crippen LogP contribution in [0, 0.1) is 20.8 Å². The Morgan fingerprint density at radius 1 is 1.14 bits per heavy atom. The van der Waals surface area contributed by atoms with Crippen molar-refractivity contribution < 1.29 is 4.79 Å². The van der Waals surface area contributed by atoms with E-state index in [1.165, 1.54) is 5.56 Å². The molecule has 0 aliphatic carbocycles. The second kappa shape index (κ2) is 5.31. The standard InChI is InChI=1S/C16H22N4O/c1-9-7-10(2)12(11(3)8-9)17-14(21)13-18-15(20-19-13)16(4,5)6/h7-8H,1-6H3,(H,17,21)(H,18,19,20). The van der Waals surface area contributed by atoms with Crippen LogP contribution >= 0.6 is 0 Å². The van der Waals surface area contributed by atoms with Gasteiger partial charge in [0.05, 0.1) is 0 Å². The highest BCUT2D eigenvalue weighted by atomic mass is 16.2. The molecule has 1 aromatic carbocycles. The molecule has 0 atom stereocenters. The fourth-order valence-corrected chi connectivity index (χ4v) is 2.25. The van der Waals surface area contributed by atoms with Crippen molar-refractivity contribution in [2.75, 3.05) is 5.32 Å². The summed E-state index contributed by atoms with van der Waals surface area (Å²) < 4.78 is 0. The van der Waals surface area contributed by atoms with E-state index >= 15 is 0 Å². The summed E-state index contributed by atoms with van der Waals surface area (Å²) in [5, 5.41) is 9.74. The molecule has 5 nitrogen and oxygen atoms in total. The first-order valence-electron chi connectivity index (χ1n) is 7.00. The molecule has 1 heterocycles. The van der Waals surface area contributed by atoms with E-state index in [1.807, 2.05) is 53.7 Å². The maximum atomic E-state index is 12.3. The number of hydrogen-bond donors (Lipinski definition) is 2. The molecule has 0 radical (unpaired) electrons. The number of anilines is 1. The smallest absolute Gasteiger partial charge is 0.295 e. The van der Waals surface area contributed by atoms with Crippen LogP contribution < -0.4 is 5.32 Å². The number of rotatable bonds is 2. The number of benzene rings is 1. The topological polar surface area (TPSA) is 70.7 Å². The molecule has 2 rings (SSSR count). The molecule has 112 valence electrons. The molecule has 0 saturated carbocycles. The Morgan fingerprint density at radius 2 is 1.71 bits per heavy atom. The fourth-order valence-electron chi connectivity index (χ4n) is 2.25. The highest BCUT2D eigenvalue weighted by Gasteiger charge is 2.21. The summed E-state index contributed by atoms with van der Waals surface area (Å²) in [6.07, 6.45) is 0. The van der Waals surface area contributed by atoms with Crippen molar-refractivity contribution in [1.82, 2.24) is 15.2 Å². The van der Waals surface area contributed by atoms with E-state index in [9.17, 15) is 4.79 Å².